The molecule has 0 fully saturated rings. The van der Waals surface area contributed by atoms with Gasteiger partial charge in [-0.05, 0) is 18.0 Å². The number of thiophene rings is 1. The van der Waals surface area contributed by atoms with Crippen molar-refractivity contribution in [3.05, 3.63) is 28.6 Å². The Labute approximate surface area is 109 Å². The Morgan fingerprint density at radius 2 is 2.29 bits per heavy atom. The second-order valence-electron chi connectivity index (χ2n) is 3.71. The highest BCUT2D eigenvalue weighted by molar-refractivity contribution is 7.20. The summed E-state index contributed by atoms with van der Waals surface area (Å²) in [7, 11) is 0. The number of aliphatic hydroxyl groups is 1. The predicted octanol–water partition coefficient (Wildman–Crippen LogP) is 2.69. The van der Waals surface area contributed by atoms with Crippen LogP contribution in [0, 0.1) is 0 Å². The molecule has 0 radical (unpaired) electrons. The zero-order chi connectivity index (χ0) is 12.1. The van der Waals surface area contributed by atoms with Crippen molar-refractivity contribution in [2.45, 2.75) is 13.5 Å². The minimum Gasteiger partial charge on any atom is -0.395 e. The van der Waals surface area contributed by atoms with Crippen LogP contribution in [0.4, 0.5) is 0 Å². The van der Waals surface area contributed by atoms with Crippen LogP contribution >= 0.6 is 22.7 Å². The third-order valence-corrected chi connectivity index (χ3v) is 4.46. The van der Waals surface area contributed by atoms with Gasteiger partial charge >= 0.3 is 0 Å². The highest BCUT2D eigenvalue weighted by atomic mass is 32.1. The van der Waals surface area contributed by atoms with Crippen LogP contribution in [0.5, 0.6) is 0 Å². The monoisotopic (exact) mass is 268 g/mol. The number of hydrogen-bond donors (Lipinski definition) is 1. The molecule has 2 aromatic rings. The minimum atomic E-state index is 0.204. The van der Waals surface area contributed by atoms with E-state index in [1.165, 1.54) is 4.88 Å². The molecule has 2 rings (SSSR count). The number of aromatic nitrogens is 1. The SMILES string of the molecule is CCN(CCO)Cc1csc(-c2cccs2)n1. The van der Waals surface area contributed by atoms with E-state index < -0.39 is 0 Å². The van der Waals surface area contributed by atoms with Gasteiger partial charge < -0.3 is 5.11 Å². The molecule has 0 bridgehead atoms. The molecule has 0 atom stereocenters. The van der Waals surface area contributed by atoms with Crippen molar-refractivity contribution in [1.82, 2.24) is 9.88 Å². The fraction of sp³-hybridized carbons (Fsp3) is 0.417. The molecule has 2 heterocycles. The van der Waals surface area contributed by atoms with Gasteiger partial charge in [-0.2, -0.15) is 0 Å². The highest BCUT2D eigenvalue weighted by Crippen LogP contribution is 2.28. The van der Waals surface area contributed by atoms with Crippen LogP contribution in [0.3, 0.4) is 0 Å². The van der Waals surface area contributed by atoms with E-state index in [0.29, 0.717) is 6.54 Å². The molecule has 92 valence electrons. The van der Waals surface area contributed by atoms with Gasteiger partial charge in [0.2, 0.25) is 0 Å². The first-order chi connectivity index (χ1) is 8.33. The molecule has 0 unspecified atom stereocenters. The number of hydrogen-bond acceptors (Lipinski definition) is 5. The van der Waals surface area contributed by atoms with Crippen LogP contribution in [0.15, 0.2) is 22.9 Å². The topological polar surface area (TPSA) is 36.4 Å². The molecular weight excluding hydrogens is 252 g/mol. The lowest BCUT2D eigenvalue weighted by atomic mass is 10.4. The van der Waals surface area contributed by atoms with E-state index in [1.54, 1.807) is 22.7 Å². The molecule has 17 heavy (non-hydrogen) atoms. The zero-order valence-electron chi connectivity index (χ0n) is 9.80. The second kappa shape index (κ2) is 6.26. The van der Waals surface area contributed by atoms with Crippen molar-refractivity contribution in [3.63, 3.8) is 0 Å². The van der Waals surface area contributed by atoms with Crippen molar-refractivity contribution in [3.8, 4) is 9.88 Å². The second-order valence-corrected chi connectivity index (χ2v) is 5.52. The number of nitrogens with zero attached hydrogens (tertiary/aromatic N) is 2. The third kappa shape index (κ3) is 3.35. The standard InChI is InChI=1S/C12H16N2OS2/c1-2-14(5-6-15)8-10-9-17-12(13-10)11-4-3-7-16-11/h3-4,7,9,15H,2,5-6,8H2,1H3. The summed E-state index contributed by atoms with van der Waals surface area (Å²) in [6.45, 7) is 4.77. The van der Waals surface area contributed by atoms with Gasteiger partial charge in [-0.1, -0.05) is 13.0 Å². The molecule has 5 heteroatoms. The quantitative estimate of drug-likeness (QED) is 0.875. The van der Waals surface area contributed by atoms with Crippen LogP contribution < -0.4 is 0 Å². The number of thiazole rings is 1. The molecule has 0 saturated carbocycles. The predicted molar refractivity (Wildman–Crippen MR) is 73.5 cm³/mol. The molecule has 2 aromatic heterocycles. The highest BCUT2D eigenvalue weighted by Gasteiger charge is 2.08. The average Bonchev–Trinajstić information content (AvgIpc) is 2.98. The van der Waals surface area contributed by atoms with Gasteiger partial charge in [-0.25, -0.2) is 4.98 Å². The van der Waals surface area contributed by atoms with Crippen LogP contribution in [-0.2, 0) is 6.54 Å². The van der Waals surface area contributed by atoms with Gasteiger partial charge in [0.25, 0.3) is 0 Å². The largest absolute Gasteiger partial charge is 0.395 e. The Bertz CT molecular complexity index is 439. The Hall–Kier alpha value is -0.750. The molecule has 0 aromatic carbocycles. The third-order valence-electron chi connectivity index (χ3n) is 2.53. The molecule has 0 saturated heterocycles. The summed E-state index contributed by atoms with van der Waals surface area (Å²) in [5.41, 5.74) is 1.09. The van der Waals surface area contributed by atoms with Crippen molar-refractivity contribution in [2.75, 3.05) is 19.7 Å². The van der Waals surface area contributed by atoms with Crippen LogP contribution in [0.2, 0.25) is 0 Å². The van der Waals surface area contributed by atoms with E-state index >= 15 is 0 Å². The van der Waals surface area contributed by atoms with Crippen molar-refractivity contribution >= 4 is 22.7 Å². The number of rotatable bonds is 6. The maximum atomic E-state index is 8.94. The molecule has 0 aliphatic heterocycles. The van der Waals surface area contributed by atoms with Crippen LogP contribution in [0.25, 0.3) is 9.88 Å². The average molecular weight is 268 g/mol. The van der Waals surface area contributed by atoms with E-state index in [-0.39, 0.29) is 6.61 Å². The first kappa shape index (κ1) is 12.7. The molecule has 0 amide bonds. The summed E-state index contributed by atoms with van der Waals surface area (Å²) in [5.74, 6) is 0. The summed E-state index contributed by atoms with van der Waals surface area (Å²) < 4.78 is 0. The van der Waals surface area contributed by atoms with Gasteiger partial charge in [0.15, 0.2) is 0 Å². The lowest BCUT2D eigenvalue weighted by molar-refractivity contribution is 0.195. The van der Waals surface area contributed by atoms with E-state index in [9.17, 15) is 0 Å². The van der Waals surface area contributed by atoms with E-state index in [4.69, 9.17) is 5.11 Å². The summed E-state index contributed by atoms with van der Waals surface area (Å²) >= 11 is 3.41. The molecule has 0 spiro atoms. The van der Waals surface area contributed by atoms with Crippen molar-refractivity contribution in [2.24, 2.45) is 0 Å². The minimum absolute atomic E-state index is 0.204. The Morgan fingerprint density at radius 1 is 1.41 bits per heavy atom. The fourth-order valence-electron chi connectivity index (χ4n) is 1.61. The summed E-state index contributed by atoms with van der Waals surface area (Å²) in [5, 5.41) is 14.2. The summed E-state index contributed by atoms with van der Waals surface area (Å²) in [4.78, 5) is 8.04. The molecule has 1 N–H and O–H groups in total. The lowest BCUT2D eigenvalue weighted by Gasteiger charge is -2.17. The first-order valence-corrected chi connectivity index (χ1v) is 7.41. The maximum Gasteiger partial charge on any atom is 0.133 e. The van der Waals surface area contributed by atoms with E-state index in [2.05, 4.69) is 33.6 Å². The van der Waals surface area contributed by atoms with Crippen LogP contribution in [0.1, 0.15) is 12.6 Å². The number of likely N-dealkylation sites (N-methyl/N-ethyl adjacent to an activating group) is 1. The van der Waals surface area contributed by atoms with E-state index in [1.807, 2.05) is 6.07 Å². The van der Waals surface area contributed by atoms with Gasteiger partial charge in [0, 0.05) is 18.5 Å². The Morgan fingerprint density at radius 3 is 2.94 bits per heavy atom. The molecule has 0 aliphatic rings. The van der Waals surface area contributed by atoms with Crippen molar-refractivity contribution in [1.29, 1.82) is 0 Å². The lowest BCUT2D eigenvalue weighted by Crippen LogP contribution is -2.26. The summed E-state index contributed by atoms with van der Waals surface area (Å²) in [6.07, 6.45) is 0. The molecule has 0 aliphatic carbocycles. The maximum absolute atomic E-state index is 8.94. The molecular formula is C12H16N2OS2. The first-order valence-electron chi connectivity index (χ1n) is 5.65. The van der Waals surface area contributed by atoms with Crippen molar-refractivity contribution < 1.29 is 5.11 Å². The normalized spacial score (nSPS) is 11.2. The Kier molecular flexibility index (Phi) is 4.67. The van der Waals surface area contributed by atoms with E-state index in [0.717, 1.165) is 23.8 Å². The number of aliphatic hydroxyl groups excluding tert-OH is 1. The molecule has 3 nitrogen and oxygen atoms in total. The summed E-state index contributed by atoms with van der Waals surface area (Å²) in [6, 6.07) is 4.14. The van der Waals surface area contributed by atoms with Gasteiger partial charge in [-0.15, -0.1) is 22.7 Å². The Balaban J connectivity index is 2.03. The van der Waals surface area contributed by atoms with Crippen LogP contribution in [-0.4, -0.2) is 34.7 Å². The fourth-order valence-corrected chi connectivity index (χ4v) is 3.24. The van der Waals surface area contributed by atoms with Gasteiger partial charge in [0.1, 0.15) is 5.01 Å². The smallest absolute Gasteiger partial charge is 0.133 e. The zero-order valence-corrected chi connectivity index (χ0v) is 11.4. The van der Waals surface area contributed by atoms with Gasteiger partial charge in [0.05, 0.1) is 17.2 Å². The van der Waals surface area contributed by atoms with Gasteiger partial charge in [-0.3, -0.25) is 4.90 Å².